The summed E-state index contributed by atoms with van der Waals surface area (Å²) in [4.78, 5) is 90.2. The normalized spacial score (nSPS) is 22.4. The van der Waals surface area contributed by atoms with Crippen molar-refractivity contribution in [1.82, 2.24) is 65.0 Å². The van der Waals surface area contributed by atoms with Gasteiger partial charge in [-0.3, -0.25) is 19.3 Å². The quantitative estimate of drug-likeness (QED) is 0.0838. The summed E-state index contributed by atoms with van der Waals surface area (Å²) >= 11 is 12.6. The zero-order chi connectivity index (χ0) is 62.2. The number of carbonyl (C=O) groups excluding carboxylic acids is 4. The Kier molecular flexibility index (Phi) is 21.7. The van der Waals surface area contributed by atoms with Gasteiger partial charge in [-0.25, -0.2) is 34.7 Å². The SMILES string of the molecule is Cc1ccc(N(CCCN2CC3CN(C(=O)c4c(C)ncnc4C)CC3C2)C(=O)NCC2CCCCC2)cc1Cl.Cc1ccc(NCCCN2CC3CN(C(=O)c4c(C)ncnc4C)CC3C2)cc1Cl.Cc1ncnc(C)c1C(=O)N1CC2CNCC2C1. The van der Waals surface area contributed by atoms with Gasteiger partial charge < -0.3 is 40.4 Å². The molecule has 1 saturated carbocycles. The summed E-state index contributed by atoms with van der Waals surface area (Å²) in [6.07, 6.45) is 12.8. The molecule has 6 saturated heterocycles. The van der Waals surface area contributed by atoms with Gasteiger partial charge in [-0.1, -0.05) is 54.6 Å². The van der Waals surface area contributed by atoms with Gasteiger partial charge in [-0.15, -0.1) is 0 Å². The Morgan fingerprint density at radius 3 is 1.36 bits per heavy atom. The zero-order valence-electron chi connectivity index (χ0n) is 53.0. The van der Waals surface area contributed by atoms with Gasteiger partial charge in [0.1, 0.15) is 19.0 Å². The fraction of sp³-hybridized carbons (Fsp3) is 0.582. The van der Waals surface area contributed by atoms with Crippen molar-refractivity contribution in [2.24, 2.45) is 41.4 Å². The number of anilines is 2. The van der Waals surface area contributed by atoms with E-state index in [0.717, 1.165) is 179 Å². The average molecular weight is 1240 g/mol. The van der Waals surface area contributed by atoms with Crippen molar-refractivity contribution in [3.05, 3.63) is 127 Å². The maximum atomic E-state index is 13.3. The summed E-state index contributed by atoms with van der Waals surface area (Å²) in [7, 11) is 0. The van der Waals surface area contributed by atoms with Crippen LogP contribution in [0.5, 0.6) is 0 Å². The maximum Gasteiger partial charge on any atom is 0.321 e. The first-order valence-corrected chi connectivity index (χ1v) is 32.8. The minimum Gasteiger partial charge on any atom is -0.385 e. The number of urea groups is 1. The van der Waals surface area contributed by atoms with Gasteiger partial charge in [0.05, 0.1) is 50.9 Å². The van der Waals surface area contributed by atoms with Gasteiger partial charge in [0.25, 0.3) is 17.7 Å². The lowest BCUT2D eigenvalue weighted by Gasteiger charge is -2.28. The number of fused-ring (bicyclic) bond motifs is 3. The smallest absolute Gasteiger partial charge is 0.321 e. The monoisotopic (exact) mass is 1240 g/mol. The standard InChI is InChI=1S/C31H43ClN6O2.C23H30ClN5O.C13H18N4O/c1-21-10-11-27(14-28(21)32)38(31(40)33-15-24-8-5-4-6-9-24)13-7-12-36-16-25-18-37(19-26(25)17-36)30(39)29-22(2)34-20-35-23(29)3;1-15-5-6-20(9-21(15)24)25-7-4-8-28-10-18-12-29(13-19(18)11-28)23(30)22-16(2)26-14-27-17(22)3;1-8-12(9(2)16-7-15-8)13(18)17-5-10-3-14-4-11(10)6-17/h10-11,14,20,24-26H,4-9,12-13,15-19H2,1-3H3,(H,33,40);5-6,9,14,18-19,25H,4,7-8,10-13H2,1-3H3;7,10-11,14H,3-6H2,1-2H3. The Bertz CT molecular complexity index is 3190. The van der Waals surface area contributed by atoms with E-state index in [1.165, 1.54) is 51.1 Å². The van der Waals surface area contributed by atoms with Crippen molar-refractivity contribution in [2.75, 3.05) is 121 Å². The first kappa shape index (κ1) is 64.6. The van der Waals surface area contributed by atoms with Gasteiger partial charge in [0.15, 0.2) is 0 Å². The molecule has 1 aliphatic carbocycles. The molecule has 0 bridgehead atoms. The number of hydrogen-bond acceptors (Lipinski definition) is 14. The van der Waals surface area contributed by atoms with Crippen molar-refractivity contribution < 1.29 is 19.2 Å². The largest absolute Gasteiger partial charge is 0.385 e. The molecule has 5 aromatic rings. The van der Waals surface area contributed by atoms with Crippen molar-refractivity contribution in [3.8, 4) is 0 Å². The Labute approximate surface area is 530 Å². The number of rotatable bonds is 15. The van der Waals surface area contributed by atoms with Crippen LogP contribution in [0.2, 0.25) is 10.0 Å². The molecule has 7 fully saturated rings. The molecule has 7 aliphatic rings. The van der Waals surface area contributed by atoms with Crippen LogP contribution in [0, 0.1) is 96.8 Å². The molecular formula is C67H91Cl2N15O4. The van der Waals surface area contributed by atoms with Gasteiger partial charge in [-0.2, -0.15) is 0 Å². The summed E-state index contributed by atoms with van der Waals surface area (Å²) < 4.78 is 0. The number of amides is 5. The molecule has 3 aromatic heterocycles. The molecule has 21 heteroatoms. The molecule has 0 spiro atoms. The number of hydrogen-bond donors (Lipinski definition) is 3. The molecular weight excluding hydrogens is 1150 g/mol. The lowest BCUT2D eigenvalue weighted by atomic mass is 9.89. The number of halogens is 2. The first-order valence-electron chi connectivity index (χ1n) is 32.1. The van der Waals surface area contributed by atoms with Crippen molar-refractivity contribution in [2.45, 2.75) is 100 Å². The number of aryl methyl sites for hydroxylation is 8. The highest BCUT2D eigenvalue weighted by atomic mass is 35.5. The van der Waals surface area contributed by atoms with E-state index in [0.29, 0.717) is 69.7 Å². The van der Waals surface area contributed by atoms with E-state index in [-0.39, 0.29) is 23.8 Å². The van der Waals surface area contributed by atoms with Crippen molar-refractivity contribution in [1.29, 1.82) is 0 Å². The predicted molar refractivity (Wildman–Crippen MR) is 346 cm³/mol. The Hall–Kier alpha value is -6.38. The van der Waals surface area contributed by atoms with E-state index in [9.17, 15) is 19.2 Å². The number of benzene rings is 2. The Morgan fingerprint density at radius 2 is 0.932 bits per heavy atom. The average Bonchev–Trinajstić information content (AvgIpc) is 2.72. The molecule has 12 rings (SSSR count). The summed E-state index contributed by atoms with van der Waals surface area (Å²) in [6.45, 7) is 30.8. The molecule has 88 heavy (non-hydrogen) atoms. The number of carbonyl (C=O) groups is 4. The molecule has 472 valence electrons. The fourth-order valence-corrected chi connectivity index (χ4v) is 14.9. The summed E-state index contributed by atoms with van der Waals surface area (Å²) in [5.41, 5.74) is 10.6. The second-order valence-corrected chi connectivity index (χ2v) is 26.8. The van der Waals surface area contributed by atoms with Crippen LogP contribution < -0.4 is 20.9 Å². The van der Waals surface area contributed by atoms with Crippen LogP contribution in [-0.2, 0) is 0 Å². The summed E-state index contributed by atoms with van der Waals surface area (Å²) in [6, 6.07) is 12.0. The topological polar surface area (TPSA) is 201 Å². The lowest BCUT2D eigenvalue weighted by Crippen LogP contribution is -2.43. The highest BCUT2D eigenvalue weighted by Gasteiger charge is 2.44. The van der Waals surface area contributed by atoms with Crippen LogP contribution in [0.4, 0.5) is 16.2 Å². The third kappa shape index (κ3) is 15.6. The minimum absolute atomic E-state index is 0.0339. The van der Waals surface area contributed by atoms with Crippen LogP contribution >= 0.6 is 23.2 Å². The third-order valence-corrected chi connectivity index (χ3v) is 20.5. The van der Waals surface area contributed by atoms with Gasteiger partial charge in [0.2, 0.25) is 0 Å². The van der Waals surface area contributed by atoms with Gasteiger partial charge in [0, 0.05) is 120 Å². The van der Waals surface area contributed by atoms with Crippen molar-refractivity contribution in [3.63, 3.8) is 0 Å². The predicted octanol–water partition coefficient (Wildman–Crippen LogP) is 9.19. The van der Waals surface area contributed by atoms with Gasteiger partial charge >= 0.3 is 6.03 Å². The molecule has 5 amide bonds. The van der Waals surface area contributed by atoms with E-state index in [2.05, 4.69) is 61.7 Å². The zero-order valence-corrected chi connectivity index (χ0v) is 54.5. The van der Waals surface area contributed by atoms with E-state index in [4.69, 9.17) is 23.2 Å². The number of nitrogens with one attached hydrogen (secondary N) is 3. The molecule has 6 unspecified atom stereocenters. The maximum absolute atomic E-state index is 13.3. The number of nitrogens with zero attached hydrogens (tertiary/aromatic N) is 12. The van der Waals surface area contributed by atoms with E-state index in [1.54, 1.807) is 0 Å². The summed E-state index contributed by atoms with van der Waals surface area (Å²) in [5.74, 6) is 4.19. The highest BCUT2D eigenvalue weighted by molar-refractivity contribution is 6.32. The molecule has 3 N–H and O–H groups in total. The van der Waals surface area contributed by atoms with Gasteiger partial charge in [-0.05, 0) is 171 Å². The Morgan fingerprint density at radius 1 is 0.523 bits per heavy atom. The minimum atomic E-state index is -0.0339. The van der Waals surface area contributed by atoms with Crippen LogP contribution in [0.25, 0.3) is 0 Å². The van der Waals surface area contributed by atoms with Crippen LogP contribution in [0.1, 0.15) is 121 Å². The fourth-order valence-electron chi connectivity index (χ4n) is 14.6. The second kappa shape index (κ2) is 29.5. The highest BCUT2D eigenvalue weighted by Crippen LogP contribution is 2.35. The van der Waals surface area contributed by atoms with E-state index in [1.807, 2.05) is 105 Å². The molecule has 6 atom stereocenters. The first-order chi connectivity index (χ1) is 42.4. The molecule has 19 nitrogen and oxygen atoms in total. The second-order valence-electron chi connectivity index (χ2n) is 26.0. The van der Waals surface area contributed by atoms with E-state index < -0.39 is 0 Å². The van der Waals surface area contributed by atoms with Crippen molar-refractivity contribution >= 4 is 58.3 Å². The summed E-state index contributed by atoms with van der Waals surface area (Å²) in [5, 5.41) is 11.5. The van der Waals surface area contributed by atoms with Crippen LogP contribution in [0.15, 0.2) is 55.4 Å². The van der Waals surface area contributed by atoms with E-state index >= 15 is 0 Å². The molecule has 0 radical (unpaired) electrons. The van der Waals surface area contributed by atoms with Crippen LogP contribution in [-0.4, -0.2) is 189 Å². The molecule has 6 aliphatic heterocycles. The molecule has 2 aromatic carbocycles. The van der Waals surface area contributed by atoms with Crippen LogP contribution in [0.3, 0.4) is 0 Å². The number of aromatic nitrogens is 6. The Balaban J connectivity index is 0.000000156. The third-order valence-electron chi connectivity index (χ3n) is 19.7. The number of likely N-dealkylation sites (tertiary alicyclic amines) is 5. The lowest BCUT2D eigenvalue weighted by molar-refractivity contribution is 0.0764. The molecule has 9 heterocycles.